The molecule has 0 amide bonds. The number of aryl methyl sites for hydroxylation is 1. The van der Waals surface area contributed by atoms with Gasteiger partial charge in [-0.2, -0.15) is 0 Å². The Balaban J connectivity index is 1.68. The van der Waals surface area contributed by atoms with Gasteiger partial charge in [0.2, 0.25) is 0 Å². The van der Waals surface area contributed by atoms with Crippen LogP contribution in [0.1, 0.15) is 17.2 Å². The van der Waals surface area contributed by atoms with E-state index in [9.17, 15) is 15.3 Å². The monoisotopic (exact) mass is 317 g/mol. The van der Waals surface area contributed by atoms with E-state index in [1.54, 1.807) is 18.2 Å². The minimum atomic E-state index is -0.743. The molecule has 0 spiro atoms. The lowest BCUT2D eigenvalue weighted by Crippen LogP contribution is -2.33. The molecule has 0 radical (unpaired) electrons. The van der Waals surface area contributed by atoms with Crippen molar-refractivity contribution in [2.75, 3.05) is 19.7 Å². The molecular weight excluding hydrogens is 294 g/mol. The van der Waals surface area contributed by atoms with Gasteiger partial charge in [-0.3, -0.25) is 0 Å². The maximum atomic E-state index is 10.0. The summed E-state index contributed by atoms with van der Waals surface area (Å²) in [7, 11) is 0. The molecule has 2 unspecified atom stereocenters. The first-order valence-electron chi connectivity index (χ1n) is 7.60. The second kappa shape index (κ2) is 8.53. The predicted octanol–water partition coefficient (Wildman–Crippen LogP) is 1.76. The molecule has 2 aromatic rings. The van der Waals surface area contributed by atoms with Gasteiger partial charge in [0.1, 0.15) is 24.2 Å². The van der Waals surface area contributed by atoms with Gasteiger partial charge in [-0.15, -0.1) is 0 Å². The minimum absolute atomic E-state index is 0.119. The minimum Gasteiger partial charge on any atom is -0.508 e. The third-order valence-corrected chi connectivity index (χ3v) is 3.44. The molecule has 0 aliphatic heterocycles. The van der Waals surface area contributed by atoms with Crippen LogP contribution in [-0.2, 0) is 0 Å². The normalized spacial score (nSPS) is 13.5. The van der Waals surface area contributed by atoms with Crippen molar-refractivity contribution in [3.8, 4) is 11.5 Å². The maximum absolute atomic E-state index is 10.0. The van der Waals surface area contributed by atoms with E-state index in [2.05, 4.69) is 5.32 Å². The summed E-state index contributed by atoms with van der Waals surface area (Å²) in [6.45, 7) is 2.77. The topological polar surface area (TPSA) is 82.0 Å². The molecule has 2 rings (SSSR count). The van der Waals surface area contributed by atoms with Crippen LogP contribution in [0.25, 0.3) is 0 Å². The first-order valence-corrected chi connectivity index (χ1v) is 7.60. The number of aromatic hydroxyl groups is 1. The molecule has 5 nitrogen and oxygen atoms in total. The Morgan fingerprint density at radius 2 is 1.78 bits per heavy atom. The summed E-state index contributed by atoms with van der Waals surface area (Å²) < 4.78 is 5.50. The summed E-state index contributed by atoms with van der Waals surface area (Å²) in [6, 6.07) is 14.1. The second-order valence-corrected chi connectivity index (χ2v) is 5.55. The van der Waals surface area contributed by atoms with E-state index in [0.717, 1.165) is 11.3 Å². The molecule has 2 aromatic carbocycles. The molecular formula is C18H23NO4. The molecule has 2 atom stereocenters. The lowest BCUT2D eigenvalue weighted by atomic mass is 10.1. The molecule has 4 N–H and O–H groups in total. The van der Waals surface area contributed by atoms with Crippen molar-refractivity contribution in [2.45, 2.75) is 19.1 Å². The number of hydrogen-bond acceptors (Lipinski definition) is 5. The Bertz CT molecular complexity index is 600. The van der Waals surface area contributed by atoms with E-state index in [4.69, 9.17) is 4.74 Å². The van der Waals surface area contributed by atoms with E-state index in [1.165, 1.54) is 6.07 Å². The molecule has 0 aliphatic carbocycles. The maximum Gasteiger partial charge on any atom is 0.119 e. The first kappa shape index (κ1) is 17.3. The summed E-state index contributed by atoms with van der Waals surface area (Å²) >= 11 is 0. The van der Waals surface area contributed by atoms with E-state index in [1.807, 2.05) is 31.2 Å². The highest BCUT2D eigenvalue weighted by molar-refractivity contribution is 5.28. The van der Waals surface area contributed by atoms with Crippen LogP contribution in [0.4, 0.5) is 0 Å². The van der Waals surface area contributed by atoms with Gasteiger partial charge < -0.3 is 25.4 Å². The lowest BCUT2D eigenvalue weighted by Gasteiger charge is -2.16. The highest BCUT2D eigenvalue weighted by Crippen LogP contribution is 2.17. The molecule has 23 heavy (non-hydrogen) atoms. The van der Waals surface area contributed by atoms with Crippen molar-refractivity contribution >= 4 is 0 Å². The van der Waals surface area contributed by atoms with Crippen LogP contribution in [0.3, 0.4) is 0 Å². The third kappa shape index (κ3) is 5.90. The molecule has 0 heterocycles. The molecule has 0 fully saturated rings. The Kier molecular flexibility index (Phi) is 6.40. The zero-order chi connectivity index (χ0) is 16.7. The molecule has 5 heteroatoms. The summed E-state index contributed by atoms with van der Waals surface area (Å²) in [5, 5.41) is 32.3. The number of benzene rings is 2. The number of nitrogens with one attached hydrogen (secondary N) is 1. The van der Waals surface area contributed by atoms with Crippen LogP contribution in [-0.4, -0.2) is 41.1 Å². The van der Waals surface area contributed by atoms with Crippen LogP contribution >= 0.6 is 0 Å². The Morgan fingerprint density at radius 1 is 1.04 bits per heavy atom. The summed E-state index contributed by atoms with van der Waals surface area (Å²) in [6.07, 6.45) is -1.42. The summed E-state index contributed by atoms with van der Waals surface area (Å²) in [4.78, 5) is 0. The van der Waals surface area contributed by atoms with Crippen LogP contribution in [0, 0.1) is 6.92 Å². The number of aliphatic hydroxyl groups is 2. The van der Waals surface area contributed by atoms with Crippen LogP contribution < -0.4 is 10.1 Å². The molecule has 0 aliphatic rings. The number of phenolic OH excluding ortho intramolecular Hbond substituents is 1. The van der Waals surface area contributed by atoms with Crippen molar-refractivity contribution in [2.24, 2.45) is 0 Å². The van der Waals surface area contributed by atoms with Gasteiger partial charge in [-0.1, -0.05) is 29.8 Å². The van der Waals surface area contributed by atoms with Gasteiger partial charge in [-0.05, 0) is 36.8 Å². The lowest BCUT2D eigenvalue weighted by molar-refractivity contribution is 0.0996. The number of aliphatic hydroxyl groups excluding tert-OH is 2. The van der Waals surface area contributed by atoms with Crippen molar-refractivity contribution in [3.05, 3.63) is 59.7 Å². The van der Waals surface area contributed by atoms with Crippen LogP contribution in [0.5, 0.6) is 11.5 Å². The molecule has 0 saturated heterocycles. The highest BCUT2D eigenvalue weighted by Gasteiger charge is 2.10. The Hall–Kier alpha value is -2.08. The second-order valence-electron chi connectivity index (χ2n) is 5.55. The Labute approximate surface area is 136 Å². The van der Waals surface area contributed by atoms with Crippen molar-refractivity contribution in [3.63, 3.8) is 0 Å². The smallest absolute Gasteiger partial charge is 0.119 e. The molecule has 124 valence electrons. The van der Waals surface area contributed by atoms with Crippen molar-refractivity contribution in [1.82, 2.24) is 5.32 Å². The fraction of sp³-hybridized carbons (Fsp3) is 0.333. The van der Waals surface area contributed by atoms with Gasteiger partial charge in [0.25, 0.3) is 0 Å². The Morgan fingerprint density at radius 3 is 2.48 bits per heavy atom. The standard InChI is InChI=1S/C18H23NO4/c1-13-5-7-17(8-6-13)23-12-16(21)10-19-11-18(22)14-3-2-4-15(20)9-14/h2-9,16,18-22H,10-12H2,1H3. The molecule has 0 aromatic heterocycles. The van der Waals surface area contributed by atoms with Gasteiger partial charge in [0.15, 0.2) is 0 Å². The zero-order valence-electron chi connectivity index (χ0n) is 13.1. The number of phenols is 1. The van der Waals surface area contributed by atoms with E-state index >= 15 is 0 Å². The van der Waals surface area contributed by atoms with Crippen molar-refractivity contribution in [1.29, 1.82) is 0 Å². The quantitative estimate of drug-likeness (QED) is 0.596. The SMILES string of the molecule is Cc1ccc(OCC(O)CNCC(O)c2cccc(O)c2)cc1. The third-order valence-electron chi connectivity index (χ3n) is 3.44. The van der Waals surface area contributed by atoms with Crippen molar-refractivity contribution < 1.29 is 20.1 Å². The van der Waals surface area contributed by atoms with E-state index in [-0.39, 0.29) is 18.9 Å². The number of ether oxygens (including phenoxy) is 1. The van der Waals surface area contributed by atoms with Gasteiger partial charge in [-0.25, -0.2) is 0 Å². The molecule has 0 saturated carbocycles. The highest BCUT2D eigenvalue weighted by atomic mass is 16.5. The fourth-order valence-electron chi connectivity index (χ4n) is 2.12. The largest absolute Gasteiger partial charge is 0.508 e. The molecule has 0 bridgehead atoms. The van der Waals surface area contributed by atoms with Gasteiger partial charge in [0.05, 0.1) is 6.10 Å². The summed E-state index contributed by atoms with van der Waals surface area (Å²) in [5.41, 5.74) is 1.78. The van der Waals surface area contributed by atoms with Crippen LogP contribution in [0.2, 0.25) is 0 Å². The summed E-state index contributed by atoms with van der Waals surface area (Å²) in [5.74, 6) is 0.836. The average molecular weight is 317 g/mol. The van der Waals surface area contributed by atoms with Gasteiger partial charge >= 0.3 is 0 Å². The first-order chi connectivity index (χ1) is 11.0. The number of rotatable bonds is 8. The fourth-order valence-corrected chi connectivity index (χ4v) is 2.12. The van der Waals surface area contributed by atoms with Gasteiger partial charge in [0, 0.05) is 13.1 Å². The zero-order valence-corrected chi connectivity index (χ0v) is 13.1. The average Bonchev–Trinajstić information content (AvgIpc) is 2.54. The van der Waals surface area contributed by atoms with E-state index < -0.39 is 12.2 Å². The van der Waals surface area contributed by atoms with E-state index in [0.29, 0.717) is 12.1 Å². The van der Waals surface area contributed by atoms with Crippen LogP contribution in [0.15, 0.2) is 48.5 Å². The number of hydrogen-bond donors (Lipinski definition) is 4. The predicted molar refractivity (Wildman–Crippen MR) is 88.6 cm³/mol.